The molecule has 1 fully saturated rings. The van der Waals surface area contributed by atoms with Crippen LogP contribution in [0.15, 0.2) is 11.8 Å². The second kappa shape index (κ2) is 6.64. The van der Waals surface area contributed by atoms with E-state index in [9.17, 15) is 9.90 Å². The smallest absolute Gasteiger partial charge is 0.247 e. The summed E-state index contributed by atoms with van der Waals surface area (Å²) in [6.07, 6.45) is 6.73. The van der Waals surface area contributed by atoms with Crippen LogP contribution in [0, 0.1) is 0 Å². The second-order valence-electron chi connectivity index (χ2n) is 4.60. The van der Waals surface area contributed by atoms with E-state index in [1.165, 1.54) is 13.2 Å². The highest BCUT2D eigenvalue weighted by Crippen LogP contribution is 2.34. The first kappa shape index (κ1) is 14.0. The molecular weight excluding hydrogens is 218 g/mol. The lowest BCUT2D eigenvalue weighted by molar-refractivity contribution is -0.117. The van der Waals surface area contributed by atoms with Crippen LogP contribution in [0.5, 0.6) is 0 Å². The largest absolute Gasteiger partial charge is 0.498 e. The summed E-state index contributed by atoms with van der Waals surface area (Å²) in [5.41, 5.74) is -0.948. The molecule has 17 heavy (non-hydrogen) atoms. The Hall–Kier alpha value is -1.03. The number of aliphatic hydroxyl groups is 1. The number of hydrogen-bond donors (Lipinski definition) is 2. The van der Waals surface area contributed by atoms with E-state index >= 15 is 0 Å². The summed E-state index contributed by atoms with van der Waals surface area (Å²) in [5, 5.41) is 13.2. The first-order valence-electron chi connectivity index (χ1n) is 6.39. The van der Waals surface area contributed by atoms with E-state index in [-0.39, 0.29) is 5.91 Å². The van der Waals surface area contributed by atoms with Gasteiger partial charge in [0.15, 0.2) is 0 Å². The molecular formula is C13H23NO3. The van der Waals surface area contributed by atoms with E-state index < -0.39 is 5.60 Å². The highest BCUT2D eigenvalue weighted by atomic mass is 16.5. The first-order valence-corrected chi connectivity index (χ1v) is 6.39. The number of amides is 1. The summed E-state index contributed by atoms with van der Waals surface area (Å²) < 4.78 is 5.19. The van der Waals surface area contributed by atoms with Crippen LogP contribution in [0.3, 0.4) is 0 Å². The molecule has 0 spiro atoms. The molecule has 1 aliphatic rings. The number of rotatable bonds is 5. The average Bonchev–Trinajstić information content (AvgIpc) is 2.34. The normalized spacial score (nSPS) is 19.8. The molecule has 1 amide bonds. The molecule has 0 heterocycles. The van der Waals surface area contributed by atoms with Crippen molar-refractivity contribution in [3.8, 4) is 0 Å². The fourth-order valence-electron chi connectivity index (χ4n) is 2.18. The van der Waals surface area contributed by atoms with Gasteiger partial charge in [-0.3, -0.25) is 4.79 Å². The molecule has 0 bridgehead atoms. The lowest BCUT2D eigenvalue weighted by atomic mass is 9.83. The van der Waals surface area contributed by atoms with Gasteiger partial charge in [0.25, 0.3) is 0 Å². The topological polar surface area (TPSA) is 58.6 Å². The lowest BCUT2D eigenvalue weighted by Gasteiger charge is -2.33. The molecule has 1 aliphatic carbocycles. The number of nitrogens with one attached hydrogen (secondary N) is 1. The Morgan fingerprint density at radius 3 is 2.59 bits per heavy atom. The quantitative estimate of drug-likeness (QED) is 0.569. The summed E-state index contributed by atoms with van der Waals surface area (Å²) in [4.78, 5) is 11.6. The highest BCUT2D eigenvalue weighted by Gasteiger charge is 2.34. The van der Waals surface area contributed by atoms with Crippen LogP contribution in [-0.4, -0.2) is 30.3 Å². The number of carbonyl (C=O) groups is 1. The predicted octanol–water partition coefficient (Wildman–Crippen LogP) is 1.74. The zero-order chi connectivity index (χ0) is 12.7. The number of ether oxygens (including phenoxy) is 1. The first-order chi connectivity index (χ1) is 8.12. The molecule has 98 valence electrons. The molecule has 4 nitrogen and oxygen atoms in total. The van der Waals surface area contributed by atoms with E-state index in [2.05, 4.69) is 5.32 Å². The van der Waals surface area contributed by atoms with E-state index in [4.69, 9.17) is 4.74 Å². The van der Waals surface area contributed by atoms with Crippen molar-refractivity contribution < 1.29 is 14.6 Å². The zero-order valence-electron chi connectivity index (χ0n) is 10.8. The Balaban J connectivity index is 2.68. The lowest BCUT2D eigenvalue weighted by Crippen LogP contribution is -2.36. The second-order valence-corrected chi connectivity index (χ2v) is 4.60. The van der Waals surface area contributed by atoms with E-state index in [1.54, 1.807) is 0 Å². The minimum Gasteiger partial charge on any atom is -0.498 e. The van der Waals surface area contributed by atoms with Crippen LogP contribution in [0.1, 0.15) is 45.4 Å². The van der Waals surface area contributed by atoms with Gasteiger partial charge in [-0.15, -0.1) is 0 Å². The maximum absolute atomic E-state index is 11.6. The van der Waals surface area contributed by atoms with Crippen LogP contribution in [0.2, 0.25) is 0 Å². The van der Waals surface area contributed by atoms with Crippen molar-refractivity contribution in [2.24, 2.45) is 0 Å². The summed E-state index contributed by atoms with van der Waals surface area (Å²) in [6, 6.07) is 0. The van der Waals surface area contributed by atoms with Gasteiger partial charge >= 0.3 is 0 Å². The summed E-state index contributed by atoms with van der Waals surface area (Å²) in [7, 11) is 1.51. The molecule has 0 radical (unpaired) electrons. The van der Waals surface area contributed by atoms with Crippen molar-refractivity contribution in [2.45, 2.75) is 51.0 Å². The maximum Gasteiger partial charge on any atom is 0.247 e. The van der Waals surface area contributed by atoms with Crippen LogP contribution < -0.4 is 5.32 Å². The molecule has 2 N–H and O–H groups in total. The van der Waals surface area contributed by atoms with Gasteiger partial charge in [0.1, 0.15) is 11.4 Å². The van der Waals surface area contributed by atoms with E-state index in [0.717, 1.165) is 25.7 Å². The third-order valence-corrected chi connectivity index (χ3v) is 3.17. The maximum atomic E-state index is 11.6. The van der Waals surface area contributed by atoms with Crippen LogP contribution >= 0.6 is 0 Å². The van der Waals surface area contributed by atoms with Gasteiger partial charge < -0.3 is 15.2 Å². The highest BCUT2D eigenvalue weighted by molar-refractivity contribution is 5.88. The average molecular weight is 241 g/mol. The van der Waals surface area contributed by atoms with Crippen LogP contribution in [-0.2, 0) is 9.53 Å². The summed E-state index contributed by atoms with van der Waals surface area (Å²) in [6.45, 7) is 2.64. The SMILES string of the molecule is CCCNC(=O)/C=C(/OC)C1(O)CCCCC1. The number of methoxy groups -OCH3 is 1. The summed E-state index contributed by atoms with van der Waals surface area (Å²) >= 11 is 0. The van der Waals surface area contributed by atoms with Crippen LogP contribution in [0.4, 0.5) is 0 Å². The standard InChI is InChI=1S/C13H23NO3/c1-3-9-14-12(15)10-11(17-2)13(16)7-5-4-6-8-13/h10,16H,3-9H2,1-2H3,(H,14,15)/b11-10+. The van der Waals surface area contributed by atoms with Crippen molar-refractivity contribution >= 4 is 5.91 Å². The molecule has 4 heteroatoms. The minimum absolute atomic E-state index is 0.192. The van der Waals surface area contributed by atoms with Crippen LogP contribution in [0.25, 0.3) is 0 Å². The van der Waals surface area contributed by atoms with Gasteiger partial charge in [0, 0.05) is 12.6 Å². The fraction of sp³-hybridized carbons (Fsp3) is 0.769. The molecule has 0 aromatic heterocycles. The summed E-state index contributed by atoms with van der Waals surface area (Å²) in [5.74, 6) is 0.202. The van der Waals surface area contributed by atoms with Gasteiger partial charge in [-0.2, -0.15) is 0 Å². The van der Waals surface area contributed by atoms with Gasteiger partial charge in [-0.25, -0.2) is 0 Å². The Bertz CT molecular complexity index is 280. The molecule has 0 aromatic carbocycles. The van der Waals surface area contributed by atoms with Gasteiger partial charge in [-0.1, -0.05) is 26.2 Å². The van der Waals surface area contributed by atoms with Gasteiger partial charge in [-0.05, 0) is 19.3 Å². The molecule has 1 rings (SSSR count). The predicted molar refractivity (Wildman–Crippen MR) is 66.4 cm³/mol. The Kier molecular flexibility index (Phi) is 5.48. The number of carbonyl (C=O) groups excluding carboxylic acids is 1. The molecule has 0 unspecified atom stereocenters. The van der Waals surface area contributed by atoms with Crippen molar-refractivity contribution in [3.05, 3.63) is 11.8 Å². The fourth-order valence-corrected chi connectivity index (χ4v) is 2.18. The van der Waals surface area contributed by atoms with E-state index in [0.29, 0.717) is 25.1 Å². The molecule has 0 saturated heterocycles. The monoisotopic (exact) mass is 241 g/mol. The zero-order valence-corrected chi connectivity index (χ0v) is 10.8. The molecule has 0 aliphatic heterocycles. The van der Waals surface area contributed by atoms with Crippen molar-refractivity contribution in [1.82, 2.24) is 5.32 Å². The molecule has 0 aromatic rings. The third kappa shape index (κ3) is 4.04. The Labute approximate surface area is 103 Å². The van der Waals surface area contributed by atoms with E-state index in [1.807, 2.05) is 6.92 Å². The Morgan fingerprint density at radius 1 is 1.41 bits per heavy atom. The third-order valence-electron chi connectivity index (χ3n) is 3.17. The molecule has 0 atom stereocenters. The Morgan fingerprint density at radius 2 is 2.06 bits per heavy atom. The van der Waals surface area contributed by atoms with Crippen molar-refractivity contribution in [1.29, 1.82) is 0 Å². The van der Waals surface area contributed by atoms with Crippen molar-refractivity contribution in [3.63, 3.8) is 0 Å². The number of hydrogen-bond acceptors (Lipinski definition) is 3. The van der Waals surface area contributed by atoms with Crippen molar-refractivity contribution in [2.75, 3.05) is 13.7 Å². The minimum atomic E-state index is -0.948. The van der Waals surface area contributed by atoms with Gasteiger partial charge in [0.05, 0.1) is 7.11 Å². The van der Waals surface area contributed by atoms with Gasteiger partial charge in [0.2, 0.25) is 5.91 Å². The molecule has 1 saturated carbocycles.